The fraction of sp³-hybridized carbons (Fsp3) is 0. The molecule has 0 aliphatic heterocycles. The van der Waals surface area contributed by atoms with Gasteiger partial charge in [0.05, 0.1) is 10.4 Å². The van der Waals surface area contributed by atoms with Gasteiger partial charge in [-0.2, -0.15) is 0 Å². The summed E-state index contributed by atoms with van der Waals surface area (Å²) in [4.78, 5) is 11.2. The number of benzene rings is 2. The molecule has 21 heavy (non-hydrogen) atoms. The van der Waals surface area contributed by atoms with Crippen LogP contribution >= 0.6 is 0 Å². The van der Waals surface area contributed by atoms with Gasteiger partial charge in [-0.1, -0.05) is 18.2 Å². The zero-order valence-electron chi connectivity index (χ0n) is 10.7. The standard InChI is InChI=1S/C15H10FNO3S/c16-12-6-7-15-14(8-12)11(10-18)9-17(15)21(19,20)13-4-2-1-3-5-13/h1-10H. The fourth-order valence-electron chi connectivity index (χ4n) is 2.20. The molecule has 0 unspecified atom stereocenters. The van der Waals surface area contributed by atoms with Crippen molar-refractivity contribution in [3.63, 3.8) is 0 Å². The van der Waals surface area contributed by atoms with Crippen molar-refractivity contribution in [2.45, 2.75) is 4.90 Å². The Bertz CT molecular complexity index is 930. The first-order chi connectivity index (χ1) is 10.0. The first kappa shape index (κ1) is 13.5. The van der Waals surface area contributed by atoms with Gasteiger partial charge in [-0.3, -0.25) is 4.79 Å². The molecule has 0 saturated heterocycles. The summed E-state index contributed by atoms with van der Waals surface area (Å²) in [6.45, 7) is 0. The van der Waals surface area contributed by atoms with E-state index in [1.54, 1.807) is 18.2 Å². The van der Waals surface area contributed by atoms with Crippen LogP contribution in [0.4, 0.5) is 4.39 Å². The second kappa shape index (κ2) is 4.82. The summed E-state index contributed by atoms with van der Waals surface area (Å²) in [5, 5.41) is 0.268. The van der Waals surface area contributed by atoms with Gasteiger partial charge in [-0.15, -0.1) is 0 Å². The molecular formula is C15H10FNO3S. The molecule has 1 heterocycles. The van der Waals surface area contributed by atoms with E-state index in [2.05, 4.69) is 0 Å². The minimum absolute atomic E-state index is 0.101. The van der Waals surface area contributed by atoms with Gasteiger partial charge in [0, 0.05) is 17.1 Å². The average Bonchev–Trinajstić information content (AvgIpc) is 2.86. The molecule has 0 amide bonds. The van der Waals surface area contributed by atoms with Crippen LogP contribution in [-0.2, 0) is 10.0 Å². The van der Waals surface area contributed by atoms with E-state index in [0.29, 0.717) is 6.29 Å². The minimum Gasteiger partial charge on any atom is -0.298 e. The maximum Gasteiger partial charge on any atom is 0.268 e. The zero-order valence-corrected chi connectivity index (χ0v) is 11.5. The molecule has 0 N–H and O–H groups in total. The second-order valence-corrected chi connectivity index (χ2v) is 6.29. The molecule has 106 valence electrons. The number of nitrogens with zero attached hydrogens (tertiary/aromatic N) is 1. The van der Waals surface area contributed by atoms with E-state index in [-0.39, 0.29) is 21.4 Å². The number of hydrogen-bond acceptors (Lipinski definition) is 3. The highest BCUT2D eigenvalue weighted by Crippen LogP contribution is 2.25. The van der Waals surface area contributed by atoms with Gasteiger partial charge in [0.2, 0.25) is 0 Å². The molecule has 0 radical (unpaired) electrons. The molecule has 0 spiro atoms. The first-order valence-corrected chi connectivity index (χ1v) is 7.54. The molecule has 0 atom stereocenters. The highest BCUT2D eigenvalue weighted by atomic mass is 32.2. The van der Waals surface area contributed by atoms with Crippen LogP contribution in [-0.4, -0.2) is 18.7 Å². The summed E-state index contributed by atoms with van der Waals surface area (Å²) in [5.74, 6) is -0.527. The third-order valence-corrected chi connectivity index (χ3v) is 4.88. The SMILES string of the molecule is O=Cc1cn(S(=O)(=O)c2ccccc2)c2ccc(F)cc12. The van der Waals surface area contributed by atoms with Crippen LogP contribution in [0.5, 0.6) is 0 Å². The monoisotopic (exact) mass is 303 g/mol. The Hall–Kier alpha value is -2.47. The maximum atomic E-state index is 13.3. The van der Waals surface area contributed by atoms with Crippen molar-refractivity contribution in [3.8, 4) is 0 Å². The largest absolute Gasteiger partial charge is 0.298 e. The van der Waals surface area contributed by atoms with E-state index >= 15 is 0 Å². The molecule has 0 aliphatic rings. The van der Waals surface area contributed by atoms with Gasteiger partial charge < -0.3 is 0 Å². The normalized spacial score (nSPS) is 11.7. The van der Waals surface area contributed by atoms with E-state index in [0.717, 1.165) is 16.1 Å². The van der Waals surface area contributed by atoms with Crippen molar-refractivity contribution in [1.82, 2.24) is 3.97 Å². The summed E-state index contributed by atoms with van der Waals surface area (Å²) in [6, 6.07) is 11.5. The lowest BCUT2D eigenvalue weighted by molar-refractivity contribution is 0.112. The van der Waals surface area contributed by atoms with Crippen LogP contribution in [0, 0.1) is 5.82 Å². The van der Waals surface area contributed by atoms with Crippen LogP contribution in [0.15, 0.2) is 59.6 Å². The lowest BCUT2D eigenvalue weighted by Gasteiger charge is -2.07. The lowest BCUT2D eigenvalue weighted by Crippen LogP contribution is -2.11. The van der Waals surface area contributed by atoms with Crippen molar-refractivity contribution in [1.29, 1.82) is 0 Å². The van der Waals surface area contributed by atoms with E-state index < -0.39 is 15.8 Å². The summed E-state index contributed by atoms with van der Waals surface area (Å²) >= 11 is 0. The molecule has 6 heteroatoms. The summed E-state index contributed by atoms with van der Waals surface area (Å²) in [7, 11) is -3.83. The Balaban J connectivity index is 2.33. The van der Waals surface area contributed by atoms with Gasteiger partial charge in [0.15, 0.2) is 6.29 Å². The van der Waals surface area contributed by atoms with Crippen molar-refractivity contribution in [2.24, 2.45) is 0 Å². The van der Waals surface area contributed by atoms with Gasteiger partial charge >= 0.3 is 0 Å². The number of aldehydes is 1. The highest BCUT2D eigenvalue weighted by Gasteiger charge is 2.21. The fourth-order valence-corrected chi connectivity index (χ4v) is 3.59. The Morgan fingerprint density at radius 1 is 1.05 bits per heavy atom. The number of aromatic nitrogens is 1. The predicted octanol–water partition coefficient (Wildman–Crippen LogP) is 2.83. The van der Waals surface area contributed by atoms with E-state index in [1.165, 1.54) is 24.4 Å². The molecule has 0 saturated carbocycles. The van der Waals surface area contributed by atoms with Crippen LogP contribution in [0.2, 0.25) is 0 Å². The second-order valence-electron chi connectivity index (χ2n) is 4.48. The molecule has 3 rings (SSSR count). The van der Waals surface area contributed by atoms with Crippen molar-refractivity contribution < 1.29 is 17.6 Å². The Morgan fingerprint density at radius 2 is 1.76 bits per heavy atom. The third-order valence-electron chi connectivity index (χ3n) is 3.19. The summed E-state index contributed by atoms with van der Waals surface area (Å²) in [5.41, 5.74) is 0.395. The minimum atomic E-state index is -3.83. The molecule has 0 fully saturated rings. The van der Waals surface area contributed by atoms with Crippen molar-refractivity contribution in [3.05, 3.63) is 66.1 Å². The average molecular weight is 303 g/mol. The van der Waals surface area contributed by atoms with E-state index in [1.807, 2.05) is 0 Å². The smallest absolute Gasteiger partial charge is 0.268 e. The van der Waals surface area contributed by atoms with Crippen molar-refractivity contribution in [2.75, 3.05) is 0 Å². The Morgan fingerprint density at radius 3 is 2.43 bits per heavy atom. The molecular weight excluding hydrogens is 293 g/mol. The first-order valence-electron chi connectivity index (χ1n) is 6.10. The van der Waals surface area contributed by atoms with E-state index in [4.69, 9.17) is 0 Å². The van der Waals surface area contributed by atoms with Gasteiger partial charge in [0.1, 0.15) is 5.82 Å². The van der Waals surface area contributed by atoms with Gasteiger partial charge in [-0.05, 0) is 30.3 Å². The number of fused-ring (bicyclic) bond motifs is 1. The van der Waals surface area contributed by atoms with Crippen LogP contribution < -0.4 is 0 Å². The number of carbonyl (C=O) groups is 1. The summed E-state index contributed by atoms with van der Waals surface area (Å²) in [6.07, 6.45) is 1.72. The predicted molar refractivity (Wildman–Crippen MR) is 76.3 cm³/mol. The number of hydrogen-bond donors (Lipinski definition) is 0. The number of carbonyl (C=O) groups excluding carboxylic acids is 1. The molecule has 4 nitrogen and oxygen atoms in total. The van der Waals surface area contributed by atoms with Crippen LogP contribution in [0.25, 0.3) is 10.9 Å². The Labute approximate surface area is 120 Å². The van der Waals surface area contributed by atoms with E-state index in [9.17, 15) is 17.6 Å². The molecule has 0 bridgehead atoms. The molecule has 2 aromatic carbocycles. The van der Waals surface area contributed by atoms with Crippen LogP contribution in [0.1, 0.15) is 10.4 Å². The van der Waals surface area contributed by atoms with Gasteiger partial charge in [0.25, 0.3) is 10.0 Å². The van der Waals surface area contributed by atoms with Crippen LogP contribution in [0.3, 0.4) is 0 Å². The Kier molecular flexibility index (Phi) is 3.10. The quantitative estimate of drug-likeness (QED) is 0.699. The highest BCUT2D eigenvalue weighted by molar-refractivity contribution is 7.90. The molecule has 1 aromatic heterocycles. The third kappa shape index (κ3) is 2.13. The maximum absolute atomic E-state index is 13.3. The molecule has 3 aromatic rings. The lowest BCUT2D eigenvalue weighted by atomic mass is 10.2. The zero-order chi connectivity index (χ0) is 15.0. The topological polar surface area (TPSA) is 56.1 Å². The van der Waals surface area contributed by atoms with Gasteiger partial charge in [-0.25, -0.2) is 16.8 Å². The summed E-state index contributed by atoms with van der Waals surface area (Å²) < 4.78 is 39.5. The van der Waals surface area contributed by atoms with Crippen molar-refractivity contribution >= 4 is 27.2 Å². The number of rotatable bonds is 3. The number of halogens is 1. The molecule has 0 aliphatic carbocycles.